The molecule has 0 saturated heterocycles. The Morgan fingerprint density at radius 1 is 1.19 bits per heavy atom. The predicted molar refractivity (Wildman–Crippen MR) is 86.3 cm³/mol. The second-order valence-electron chi connectivity index (χ2n) is 5.13. The van der Waals surface area contributed by atoms with E-state index in [4.69, 9.17) is 16.7 Å². The molecule has 0 fully saturated rings. The molecule has 2 aromatic rings. The molecule has 21 heavy (non-hydrogen) atoms. The smallest absolute Gasteiger partial charge is 0.129 e. The fourth-order valence-corrected chi connectivity index (χ4v) is 2.59. The quantitative estimate of drug-likeness (QED) is 0.763. The first-order valence-corrected chi connectivity index (χ1v) is 7.62. The third kappa shape index (κ3) is 4.81. The average molecular weight is 305 g/mol. The van der Waals surface area contributed by atoms with E-state index < -0.39 is 0 Å². The summed E-state index contributed by atoms with van der Waals surface area (Å²) in [5.74, 6) is 0. The normalized spacial score (nSPS) is 13.9. The highest BCUT2D eigenvalue weighted by atomic mass is 35.5. The zero-order valence-corrected chi connectivity index (χ0v) is 12.9. The summed E-state index contributed by atoms with van der Waals surface area (Å²) in [7, 11) is 0. The highest BCUT2D eigenvalue weighted by Crippen LogP contribution is 2.24. The number of halogens is 1. The van der Waals surface area contributed by atoms with E-state index >= 15 is 0 Å². The lowest BCUT2D eigenvalue weighted by atomic mass is 10.00. The summed E-state index contributed by atoms with van der Waals surface area (Å²) in [5.41, 5.74) is 2.35. The maximum atomic E-state index is 9.10. The number of nitrogens with zero attached hydrogens (tertiary/aromatic N) is 1. The van der Waals surface area contributed by atoms with Gasteiger partial charge in [-0.05, 0) is 43.0 Å². The van der Waals surface area contributed by atoms with Crippen LogP contribution in [0.3, 0.4) is 0 Å². The molecule has 2 N–H and O–H groups in total. The number of hydrogen-bond acceptors (Lipinski definition) is 3. The third-order valence-electron chi connectivity index (χ3n) is 3.55. The third-order valence-corrected chi connectivity index (χ3v) is 3.76. The van der Waals surface area contributed by atoms with Gasteiger partial charge in [-0.1, -0.05) is 41.9 Å². The van der Waals surface area contributed by atoms with E-state index in [1.165, 1.54) is 5.56 Å². The summed E-state index contributed by atoms with van der Waals surface area (Å²) < 4.78 is 0. The van der Waals surface area contributed by atoms with Crippen LogP contribution in [-0.4, -0.2) is 16.7 Å². The van der Waals surface area contributed by atoms with Gasteiger partial charge in [0.2, 0.25) is 0 Å². The summed E-state index contributed by atoms with van der Waals surface area (Å²) in [6.45, 7) is 2.32. The number of nitrogens with one attached hydrogen (secondary N) is 1. The van der Waals surface area contributed by atoms with E-state index in [-0.39, 0.29) is 18.7 Å². The Morgan fingerprint density at radius 3 is 2.62 bits per heavy atom. The summed E-state index contributed by atoms with van der Waals surface area (Å²) in [6, 6.07) is 14.5. The number of rotatable bonds is 7. The second kappa shape index (κ2) is 8.13. The van der Waals surface area contributed by atoms with E-state index in [2.05, 4.69) is 29.4 Å². The maximum absolute atomic E-state index is 9.10. The number of benzene rings is 1. The zero-order chi connectivity index (χ0) is 15.1. The number of aliphatic hydroxyl groups is 1. The van der Waals surface area contributed by atoms with Gasteiger partial charge in [0.15, 0.2) is 0 Å². The minimum absolute atomic E-state index is 0.161. The summed E-state index contributed by atoms with van der Waals surface area (Å²) >= 11 is 5.95. The van der Waals surface area contributed by atoms with Crippen LogP contribution in [0, 0.1) is 0 Å². The first-order valence-electron chi connectivity index (χ1n) is 7.24. The Morgan fingerprint density at radius 2 is 1.95 bits per heavy atom. The van der Waals surface area contributed by atoms with Gasteiger partial charge in [-0.15, -0.1) is 0 Å². The minimum atomic E-state index is 0.161. The molecule has 1 aromatic carbocycles. The maximum Gasteiger partial charge on any atom is 0.129 e. The molecule has 2 unspecified atom stereocenters. The highest BCUT2D eigenvalue weighted by molar-refractivity contribution is 6.29. The van der Waals surface area contributed by atoms with E-state index in [1.54, 1.807) is 6.20 Å². The number of pyridine rings is 1. The van der Waals surface area contributed by atoms with Crippen LogP contribution < -0.4 is 5.32 Å². The molecule has 0 spiro atoms. The first kappa shape index (κ1) is 16.0. The van der Waals surface area contributed by atoms with Gasteiger partial charge in [0.1, 0.15) is 5.15 Å². The molecule has 112 valence electrons. The molecular weight excluding hydrogens is 284 g/mol. The fourth-order valence-electron chi connectivity index (χ4n) is 2.41. The van der Waals surface area contributed by atoms with Crippen LogP contribution in [0.4, 0.5) is 0 Å². The Bertz CT molecular complexity index is 547. The highest BCUT2D eigenvalue weighted by Gasteiger charge is 2.15. The fraction of sp³-hybridized carbons (Fsp3) is 0.353. The molecule has 0 amide bonds. The lowest BCUT2D eigenvalue weighted by Crippen LogP contribution is -2.25. The Labute approximate surface area is 131 Å². The topological polar surface area (TPSA) is 45.1 Å². The number of aromatic nitrogens is 1. The molecule has 1 heterocycles. The van der Waals surface area contributed by atoms with Gasteiger partial charge in [-0.25, -0.2) is 4.98 Å². The molecule has 3 nitrogen and oxygen atoms in total. The van der Waals surface area contributed by atoms with Gasteiger partial charge in [0, 0.05) is 24.9 Å². The van der Waals surface area contributed by atoms with Gasteiger partial charge in [-0.3, -0.25) is 0 Å². The van der Waals surface area contributed by atoms with Crippen molar-refractivity contribution in [2.24, 2.45) is 0 Å². The number of aliphatic hydroxyl groups excluding tert-OH is 1. The predicted octanol–water partition coefficient (Wildman–Crippen LogP) is 3.90. The molecule has 2 atom stereocenters. The van der Waals surface area contributed by atoms with Crippen molar-refractivity contribution in [2.45, 2.75) is 31.8 Å². The first-order chi connectivity index (χ1) is 10.2. The molecule has 0 aliphatic rings. The van der Waals surface area contributed by atoms with Gasteiger partial charge < -0.3 is 10.4 Å². The van der Waals surface area contributed by atoms with Gasteiger partial charge in [0.25, 0.3) is 0 Å². The minimum Gasteiger partial charge on any atom is -0.396 e. The summed E-state index contributed by atoms with van der Waals surface area (Å²) in [5, 5.41) is 13.2. The monoisotopic (exact) mass is 304 g/mol. The lowest BCUT2D eigenvalue weighted by Gasteiger charge is -2.24. The van der Waals surface area contributed by atoms with Crippen molar-refractivity contribution in [1.29, 1.82) is 0 Å². The molecule has 1 aromatic heterocycles. The molecule has 0 aliphatic heterocycles. The van der Waals surface area contributed by atoms with Crippen molar-refractivity contribution in [3.63, 3.8) is 0 Å². The van der Waals surface area contributed by atoms with Crippen LogP contribution in [0.1, 0.15) is 43.0 Å². The average Bonchev–Trinajstić information content (AvgIpc) is 2.52. The van der Waals surface area contributed by atoms with Crippen molar-refractivity contribution in [1.82, 2.24) is 10.3 Å². The standard InChI is InChI=1S/C17H21ClN2O/c1-13(15-9-10-19-17(18)12-15)20-16(8-5-11-21)14-6-3-2-4-7-14/h2-4,6-7,9-10,12-13,16,20-21H,5,8,11H2,1H3. The van der Waals surface area contributed by atoms with Crippen LogP contribution >= 0.6 is 11.6 Å². The van der Waals surface area contributed by atoms with Gasteiger partial charge in [0.05, 0.1) is 0 Å². The van der Waals surface area contributed by atoms with E-state index in [1.807, 2.05) is 30.3 Å². The van der Waals surface area contributed by atoms with Gasteiger partial charge >= 0.3 is 0 Å². The second-order valence-corrected chi connectivity index (χ2v) is 5.52. The van der Waals surface area contributed by atoms with Crippen LogP contribution in [-0.2, 0) is 0 Å². The Kier molecular flexibility index (Phi) is 6.18. The van der Waals surface area contributed by atoms with Crippen LogP contribution in [0.5, 0.6) is 0 Å². The van der Waals surface area contributed by atoms with E-state index in [9.17, 15) is 0 Å². The van der Waals surface area contributed by atoms with Crippen LogP contribution in [0.15, 0.2) is 48.7 Å². The lowest BCUT2D eigenvalue weighted by molar-refractivity contribution is 0.272. The number of hydrogen-bond donors (Lipinski definition) is 2. The van der Waals surface area contributed by atoms with Crippen molar-refractivity contribution in [3.8, 4) is 0 Å². The van der Waals surface area contributed by atoms with E-state index in [0.717, 1.165) is 18.4 Å². The van der Waals surface area contributed by atoms with Crippen molar-refractivity contribution >= 4 is 11.6 Å². The molecule has 0 radical (unpaired) electrons. The van der Waals surface area contributed by atoms with Crippen molar-refractivity contribution < 1.29 is 5.11 Å². The molecule has 4 heteroatoms. The summed E-state index contributed by atoms with van der Waals surface area (Å²) in [4.78, 5) is 4.01. The zero-order valence-electron chi connectivity index (χ0n) is 12.2. The molecule has 0 aliphatic carbocycles. The molecular formula is C17H21ClN2O. The Balaban J connectivity index is 2.11. The van der Waals surface area contributed by atoms with Crippen LogP contribution in [0.2, 0.25) is 5.15 Å². The van der Waals surface area contributed by atoms with Crippen molar-refractivity contribution in [3.05, 3.63) is 64.9 Å². The van der Waals surface area contributed by atoms with E-state index in [0.29, 0.717) is 5.15 Å². The molecule has 0 saturated carbocycles. The van der Waals surface area contributed by atoms with Crippen molar-refractivity contribution in [2.75, 3.05) is 6.61 Å². The molecule has 0 bridgehead atoms. The van der Waals surface area contributed by atoms with Gasteiger partial charge in [-0.2, -0.15) is 0 Å². The largest absolute Gasteiger partial charge is 0.396 e. The Hall–Kier alpha value is -1.42. The van der Waals surface area contributed by atoms with Crippen LogP contribution in [0.25, 0.3) is 0 Å². The SMILES string of the molecule is CC(NC(CCCO)c1ccccc1)c1ccnc(Cl)c1. The summed E-state index contributed by atoms with van der Waals surface area (Å²) in [6.07, 6.45) is 3.39. The molecule has 2 rings (SSSR count).